The molecule has 2 N–H and O–H groups in total. The monoisotopic (exact) mass is 639 g/mol. The molecule has 248 valence electrons. The van der Waals surface area contributed by atoms with Crippen LogP contribution in [0.25, 0.3) is 11.1 Å². The number of likely N-dealkylation sites (tertiary alicyclic amines) is 1. The van der Waals surface area contributed by atoms with Crippen molar-refractivity contribution < 1.29 is 19.1 Å². The maximum Gasteiger partial charge on any atom is 0.319 e. The number of carbonyl (C=O) groups is 1. The van der Waals surface area contributed by atoms with Crippen LogP contribution in [0.4, 0.5) is 11.8 Å². The van der Waals surface area contributed by atoms with E-state index in [1.807, 2.05) is 24.3 Å². The number of amides is 1. The Balaban J connectivity index is 1.02. The van der Waals surface area contributed by atoms with Gasteiger partial charge in [0, 0.05) is 57.4 Å². The van der Waals surface area contributed by atoms with Crippen molar-refractivity contribution in [1.29, 1.82) is 0 Å². The Bertz CT molecular complexity index is 1650. The number of hydrogen-bond donors (Lipinski definition) is 2. The van der Waals surface area contributed by atoms with Crippen molar-refractivity contribution in [2.24, 2.45) is 0 Å². The Labute approximate surface area is 275 Å². The number of hydrogen-bond acceptors (Lipinski definition) is 10. The molecule has 3 aliphatic heterocycles. The molecule has 5 heterocycles. The molecule has 2 saturated heterocycles. The van der Waals surface area contributed by atoms with Gasteiger partial charge in [0.05, 0.1) is 6.10 Å². The highest BCUT2D eigenvalue weighted by atomic mass is 16.5. The lowest BCUT2D eigenvalue weighted by atomic mass is 9.94. The topological polar surface area (TPSA) is 120 Å². The van der Waals surface area contributed by atoms with Crippen LogP contribution in [0, 0.1) is 0 Å². The minimum absolute atomic E-state index is 0.0180. The van der Waals surface area contributed by atoms with Gasteiger partial charge in [-0.3, -0.25) is 9.69 Å². The van der Waals surface area contributed by atoms with Crippen LogP contribution in [0.3, 0.4) is 0 Å². The minimum Gasteiger partial charge on any atom is -0.460 e. The molecule has 0 saturated carbocycles. The van der Waals surface area contributed by atoms with Gasteiger partial charge in [-0.15, -0.1) is 0 Å². The normalized spacial score (nSPS) is 20.9. The summed E-state index contributed by atoms with van der Waals surface area (Å²) in [5.41, 5.74) is 4.65. The molecule has 4 aromatic rings. The second-order valence-electron chi connectivity index (χ2n) is 13.0. The summed E-state index contributed by atoms with van der Waals surface area (Å²) in [6, 6.07) is 19.1. The van der Waals surface area contributed by atoms with Crippen molar-refractivity contribution in [3.8, 4) is 6.01 Å². The van der Waals surface area contributed by atoms with Gasteiger partial charge >= 0.3 is 6.01 Å². The summed E-state index contributed by atoms with van der Waals surface area (Å²) < 4.78 is 12.1. The highest BCUT2D eigenvalue weighted by Crippen LogP contribution is 2.28. The van der Waals surface area contributed by atoms with Crippen LogP contribution in [0.5, 0.6) is 6.01 Å². The maximum atomic E-state index is 13.9. The lowest BCUT2D eigenvalue weighted by Gasteiger charge is -2.43. The molecule has 7 rings (SSSR count). The molecule has 11 nitrogen and oxygen atoms in total. The Morgan fingerprint density at radius 1 is 0.979 bits per heavy atom. The second kappa shape index (κ2) is 13.9. The number of piperidine rings is 2. The largest absolute Gasteiger partial charge is 0.460 e. The summed E-state index contributed by atoms with van der Waals surface area (Å²) in [6.45, 7) is 8.28. The Morgan fingerprint density at radius 2 is 1.74 bits per heavy atom. The third kappa shape index (κ3) is 6.92. The van der Waals surface area contributed by atoms with Crippen molar-refractivity contribution in [3.05, 3.63) is 71.4 Å². The van der Waals surface area contributed by atoms with Crippen molar-refractivity contribution in [2.75, 3.05) is 42.9 Å². The van der Waals surface area contributed by atoms with Crippen LogP contribution >= 0.6 is 0 Å². The number of aromatic nitrogens is 3. The van der Waals surface area contributed by atoms with E-state index in [1.54, 1.807) is 11.0 Å². The first kappa shape index (κ1) is 31.4. The Hall–Kier alpha value is -4.22. The lowest BCUT2D eigenvalue weighted by molar-refractivity contribution is -0.0139. The molecule has 11 heteroatoms. The molecular weight excluding hydrogens is 594 g/mol. The zero-order valence-electron chi connectivity index (χ0n) is 27.3. The van der Waals surface area contributed by atoms with Gasteiger partial charge in [-0.2, -0.15) is 15.0 Å². The van der Waals surface area contributed by atoms with E-state index in [2.05, 4.69) is 68.2 Å². The molecule has 0 unspecified atom stereocenters. The lowest BCUT2D eigenvalue weighted by Crippen LogP contribution is -2.56. The standard InChI is InChI=1S/C36H45N7O4/c1-3-27(4-2)46-35-38-29(34(45)43-20-16-30(31(44)23-43)42-17-13-24-9-5-6-10-25(24)22-42)21-33(40-35)37-26-14-18-41(19-15-26)36-39-28-11-7-8-12-32(28)47-36/h5-12,21,26-27,30-31,44H,3-4,13-20,22-23H2,1-2H3,(H,37,38,40)/t30-,31-/m1/s1. The van der Waals surface area contributed by atoms with Gasteiger partial charge in [0.25, 0.3) is 11.9 Å². The summed E-state index contributed by atoms with van der Waals surface area (Å²) in [4.78, 5) is 34.1. The second-order valence-corrected chi connectivity index (χ2v) is 13.0. The molecule has 1 amide bonds. The number of oxazole rings is 1. The first-order valence-corrected chi connectivity index (χ1v) is 17.2. The van der Waals surface area contributed by atoms with E-state index >= 15 is 0 Å². The van der Waals surface area contributed by atoms with Crippen molar-refractivity contribution in [2.45, 2.75) is 83.2 Å². The summed E-state index contributed by atoms with van der Waals surface area (Å²) in [5, 5.41) is 14.8. The van der Waals surface area contributed by atoms with Crippen LogP contribution in [0.15, 0.2) is 59.0 Å². The van der Waals surface area contributed by atoms with Crippen LogP contribution in [-0.4, -0.2) is 92.8 Å². The van der Waals surface area contributed by atoms with E-state index in [0.717, 1.165) is 69.4 Å². The molecule has 0 spiro atoms. The highest BCUT2D eigenvalue weighted by molar-refractivity contribution is 5.93. The molecule has 2 aromatic carbocycles. The number of nitrogens with zero attached hydrogens (tertiary/aromatic N) is 6. The quantitative estimate of drug-likeness (QED) is 0.262. The number of carbonyl (C=O) groups excluding carboxylic acids is 1. The highest BCUT2D eigenvalue weighted by Gasteiger charge is 2.36. The molecule has 0 aliphatic carbocycles. The summed E-state index contributed by atoms with van der Waals surface area (Å²) in [6.07, 6.45) is 4.36. The molecular formula is C36H45N7O4. The number of aliphatic hydroxyl groups is 1. The average molecular weight is 640 g/mol. The zero-order valence-corrected chi connectivity index (χ0v) is 27.3. The van der Waals surface area contributed by atoms with Gasteiger partial charge in [-0.05, 0) is 61.8 Å². The predicted molar refractivity (Wildman–Crippen MR) is 181 cm³/mol. The smallest absolute Gasteiger partial charge is 0.319 e. The molecule has 2 aromatic heterocycles. The average Bonchev–Trinajstić information content (AvgIpc) is 3.55. The van der Waals surface area contributed by atoms with Gasteiger partial charge in [0.1, 0.15) is 23.1 Å². The van der Waals surface area contributed by atoms with Crippen LogP contribution in [0.1, 0.15) is 67.6 Å². The van der Waals surface area contributed by atoms with Crippen LogP contribution < -0.4 is 15.0 Å². The van der Waals surface area contributed by atoms with E-state index < -0.39 is 6.10 Å². The zero-order chi connectivity index (χ0) is 32.3. The number of para-hydroxylation sites is 2. The molecule has 47 heavy (non-hydrogen) atoms. The third-order valence-corrected chi connectivity index (χ3v) is 9.97. The van der Waals surface area contributed by atoms with Gasteiger partial charge in [-0.25, -0.2) is 0 Å². The van der Waals surface area contributed by atoms with Gasteiger partial charge < -0.3 is 29.4 Å². The van der Waals surface area contributed by atoms with E-state index in [0.29, 0.717) is 24.8 Å². The maximum absolute atomic E-state index is 13.9. The molecule has 0 radical (unpaired) electrons. The third-order valence-electron chi connectivity index (χ3n) is 9.97. The molecule has 2 atom stereocenters. The fraction of sp³-hybridized carbons (Fsp3) is 0.500. The van der Waals surface area contributed by atoms with Gasteiger partial charge in [-0.1, -0.05) is 50.2 Å². The number of nitrogens with one attached hydrogen (secondary N) is 1. The van der Waals surface area contributed by atoms with Gasteiger partial charge in [0.15, 0.2) is 5.58 Å². The van der Waals surface area contributed by atoms with Crippen LogP contribution in [-0.2, 0) is 13.0 Å². The number of β-amino-alcohol motifs (C(OH)–C–C–N with tert-alkyl or cyclic N) is 1. The van der Waals surface area contributed by atoms with Crippen molar-refractivity contribution >= 4 is 28.8 Å². The number of anilines is 2. The van der Waals surface area contributed by atoms with Crippen molar-refractivity contribution in [3.63, 3.8) is 0 Å². The fourth-order valence-electron chi connectivity index (χ4n) is 7.18. The minimum atomic E-state index is -0.635. The van der Waals surface area contributed by atoms with E-state index in [9.17, 15) is 9.90 Å². The van der Waals surface area contributed by atoms with E-state index in [1.165, 1.54) is 11.1 Å². The predicted octanol–water partition coefficient (Wildman–Crippen LogP) is 4.90. The summed E-state index contributed by atoms with van der Waals surface area (Å²) >= 11 is 0. The fourth-order valence-corrected chi connectivity index (χ4v) is 7.18. The van der Waals surface area contributed by atoms with Crippen LogP contribution in [0.2, 0.25) is 0 Å². The first-order chi connectivity index (χ1) is 23.0. The van der Waals surface area contributed by atoms with E-state index in [4.69, 9.17) is 9.15 Å². The summed E-state index contributed by atoms with van der Waals surface area (Å²) in [5.74, 6) is 0.365. The molecule has 3 aliphatic rings. The van der Waals surface area contributed by atoms with Crippen molar-refractivity contribution in [1.82, 2.24) is 24.8 Å². The Kier molecular flexibility index (Phi) is 9.26. The number of rotatable bonds is 9. The number of aliphatic hydroxyl groups excluding tert-OH is 1. The van der Waals surface area contributed by atoms with Gasteiger partial charge in [0.2, 0.25) is 0 Å². The number of fused-ring (bicyclic) bond motifs is 2. The summed E-state index contributed by atoms with van der Waals surface area (Å²) in [7, 11) is 0. The number of ether oxygens (including phenoxy) is 1. The Morgan fingerprint density at radius 3 is 2.51 bits per heavy atom. The van der Waals surface area contributed by atoms with E-state index in [-0.39, 0.29) is 42.3 Å². The number of benzene rings is 2. The molecule has 0 bridgehead atoms. The molecule has 2 fully saturated rings. The first-order valence-electron chi connectivity index (χ1n) is 17.2. The SMILES string of the molecule is CCC(CC)Oc1nc(NC2CCN(c3nc4ccccc4o3)CC2)cc(C(=O)N2CC[C@@H](N3CCc4ccccc4C3)[C@H](O)C2)n1.